The SMILES string of the molecule is CCC.CCC.CCc1cccc2c1C(=O)N(C1CCC(=O)NC1=O)C2=O. The van der Waals surface area contributed by atoms with Crippen molar-refractivity contribution < 1.29 is 19.2 Å². The third kappa shape index (κ3) is 5.02. The van der Waals surface area contributed by atoms with Crippen LogP contribution >= 0.6 is 0 Å². The molecular weight excluding hydrogens is 344 g/mol. The molecule has 0 saturated carbocycles. The molecule has 0 spiro atoms. The minimum atomic E-state index is -0.903. The van der Waals surface area contributed by atoms with Gasteiger partial charge in [-0.25, -0.2) is 0 Å². The average Bonchev–Trinajstić information content (AvgIpc) is 2.88. The Hall–Kier alpha value is -2.50. The van der Waals surface area contributed by atoms with Gasteiger partial charge in [-0.15, -0.1) is 0 Å². The van der Waals surface area contributed by atoms with Gasteiger partial charge in [-0.3, -0.25) is 29.4 Å². The van der Waals surface area contributed by atoms with Crippen molar-refractivity contribution in [1.82, 2.24) is 10.2 Å². The Balaban J connectivity index is 0.000000540. The largest absolute Gasteiger partial charge is 0.295 e. The summed E-state index contributed by atoms with van der Waals surface area (Å²) < 4.78 is 0. The highest BCUT2D eigenvalue weighted by Gasteiger charge is 2.45. The maximum atomic E-state index is 12.6. The zero-order valence-corrected chi connectivity index (χ0v) is 16.9. The summed E-state index contributed by atoms with van der Waals surface area (Å²) in [6.45, 7) is 10.4. The highest BCUT2D eigenvalue weighted by atomic mass is 16.2. The molecule has 6 nitrogen and oxygen atoms in total. The van der Waals surface area contributed by atoms with Gasteiger partial charge in [0, 0.05) is 6.42 Å². The molecule has 27 heavy (non-hydrogen) atoms. The molecule has 1 saturated heterocycles. The lowest BCUT2D eigenvalue weighted by molar-refractivity contribution is -0.136. The second-order valence-corrected chi connectivity index (χ2v) is 6.55. The minimum absolute atomic E-state index is 0.129. The highest BCUT2D eigenvalue weighted by Crippen LogP contribution is 2.29. The number of aryl methyl sites for hydroxylation is 1. The van der Waals surface area contributed by atoms with Crippen LogP contribution in [0.5, 0.6) is 0 Å². The van der Waals surface area contributed by atoms with Crippen molar-refractivity contribution in [2.75, 3.05) is 0 Å². The van der Waals surface area contributed by atoms with E-state index < -0.39 is 23.8 Å². The molecule has 1 N–H and O–H groups in total. The first-order valence-electron chi connectivity index (χ1n) is 9.71. The summed E-state index contributed by atoms with van der Waals surface area (Å²) in [5, 5.41) is 2.18. The molecule has 2 heterocycles. The lowest BCUT2D eigenvalue weighted by Crippen LogP contribution is -2.54. The van der Waals surface area contributed by atoms with Crippen molar-refractivity contribution >= 4 is 23.6 Å². The van der Waals surface area contributed by atoms with Gasteiger partial charge in [0.25, 0.3) is 11.8 Å². The van der Waals surface area contributed by atoms with Crippen LogP contribution in [-0.4, -0.2) is 34.6 Å². The number of piperidine rings is 1. The molecule has 6 heteroatoms. The van der Waals surface area contributed by atoms with Crippen LogP contribution in [0.25, 0.3) is 0 Å². The summed E-state index contributed by atoms with van der Waals surface area (Å²) in [5.74, 6) is -1.86. The van der Waals surface area contributed by atoms with Gasteiger partial charge in [0.05, 0.1) is 11.1 Å². The summed E-state index contributed by atoms with van der Waals surface area (Å²) in [4.78, 5) is 49.1. The normalized spacial score (nSPS) is 18.1. The Bertz CT molecular complexity index is 710. The first-order chi connectivity index (χ1) is 12.9. The summed E-state index contributed by atoms with van der Waals surface area (Å²) in [7, 11) is 0. The van der Waals surface area contributed by atoms with Crippen molar-refractivity contribution in [3.63, 3.8) is 0 Å². The Morgan fingerprint density at radius 3 is 2.07 bits per heavy atom. The maximum Gasteiger partial charge on any atom is 0.262 e. The van der Waals surface area contributed by atoms with Crippen LogP contribution in [0.3, 0.4) is 0 Å². The number of rotatable bonds is 2. The summed E-state index contributed by atoms with van der Waals surface area (Å²) in [6, 6.07) is 4.23. The van der Waals surface area contributed by atoms with Crippen LogP contribution < -0.4 is 5.32 Å². The second kappa shape index (κ2) is 10.6. The number of benzene rings is 1. The van der Waals surface area contributed by atoms with Crippen LogP contribution in [0.4, 0.5) is 0 Å². The van der Waals surface area contributed by atoms with Crippen LogP contribution in [0, 0.1) is 0 Å². The molecule has 0 aliphatic carbocycles. The van der Waals surface area contributed by atoms with Gasteiger partial charge >= 0.3 is 0 Å². The Morgan fingerprint density at radius 1 is 0.963 bits per heavy atom. The molecular formula is C21H30N2O4. The smallest absolute Gasteiger partial charge is 0.262 e. The van der Waals surface area contributed by atoms with Crippen molar-refractivity contribution in [1.29, 1.82) is 0 Å². The van der Waals surface area contributed by atoms with Gasteiger partial charge in [-0.1, -0.05) is 59.6 Å². The molecule has 1 aromatic rings. The molecule has 0 bridgehead atoms. The number of hydrogen-bond donors (Lipinski definition) is 1. The molecule has 1 unspecified atom stereocenters. The number of nitrogens with zero attached hydrogens (tertiary/aromatic N) is 1. The van der Waals surface area contributed by atoms with E-state index in [-0.39, 0.29) is 18.7 Å². The zero-order valence-electron chi connectivity index (χ0n) is 16.9. The predicted molar refractivity (Wildman–Crippen MR) is 104 cm³/mol. The third-order valence-corrected chi connectivity index (χ3v) is 3.94. The van der Waals surface area contributed by atoms with E-state index in [4.69, 9.17) is 0 Å². The van der Waals surface area contributed by atoms with E-state index >= 15 is 0 Å². The molecule has 3 rings (SSSR count). The van der Waals surface area contributed by atoms with E-state index in [0.717, 1.165) is 10.5 Å². The quantitative estimate of drug-likeness (QED) is 0.803. The van der Waals surface area contributed by atoms with Crippen LogP contribution in [0.1, 0.15) is 86.6 Å². The second-order valence-electron chi connectivity index (χ2n) is 6.55. The van der Waals surface area contributed by atoms with E-state index in [1.165, 1.54) is 12.8 Å². The fourth-order valence-electron chi connectivity index (χ4n) is 2.88. The highest BCUT2D eigenvalue weighted by molar-refractivity contribution is 6.24. The number of hydrogen-bond acceptors (Lipinski definition) is 4. The van der Waals surface area contributed by atoms with Gasteiger partial charge < -0.3 is 0 Å². The van der Waals surface area contributed by atoms with Gasteiger partial charge in [-0.05, 0) is 24.5 Å². The van der Waals surface area contributed by atoms with Crippen LogP contribution in [0.2, 0.25) is 0 Å². The molecule has 4 amide bonds. The first-order valence-corrected chi connectivity index (χ1v) is 9.71. The number of imide groups is 2. The fourth-order valence-corrected chi connectivity index (χ4v) is 2.88. The summed E-state index contributed by atoms with van der Waals surface area (Å²) in [5.41, 5.74) is 1.51. The van der Waals surface area contributed by atoms with Gasteiger partial charge in [-0.2, -0.15) is 0 Å². The molecule has 1 fully saturated rings. The van der Waals surface area contributed by atoms with Crippen molar-refractivity contribution in [2.24, 2.45) is 0 Å². The Kier molecular flexibility index (Phi) is 8.85. The third-order valence-electron chi connectivity index (χ3n) is 3.94. The standard InChI is InChI=1S/C15H14N2O4.2C3H8/c1-2-8-4-3-5-9-12(8)15(21)17(14(9)20)10-6-7-11(18)16-13(10)19;2*1-3-2/h3-5,10H,2,6-7H2,1H3,(H,16,18,19);2*3H2,1-2H3. The van der Waals surface area contributed by atoms with E-state index in [9.17, 15) is 19.2 Å². The van der Waals surface area contributed by atoms with Gasteiger partial charge in [0.2, 0.25) is 11.8 Å². The molecule has 0 radical (unpaired) electrons. The number of nitrogens with one attached hydrogen (secondary N) is 1. The number of amides is 4. The number of fused-ring (bicyclic) bond motifs is 1. The number of carbonyl (C=O) groups excluding carboxylic acids is 4. The molecule has 1 aromatic carbocycles. The summed E-state index contributed by atoms with van der Waals surface area (Å²) >= 11 is 0. The van der Waals surface area contributed by atoms with Crippen molar-refractivity contribution in [2.45, 2.75) is 72.8 Å². The molecule has 1 atom stereocenters. The fraction of sp³-hybridized carbons (Fsp3) is 0.524. The average molecular weight is 374 g/mol. The monoisotopic (exact) mass is 374 g/mol. The maximum absolute atomic E-state index is 12.6. The molecule has 0 aromatic heterocycles. The van der Waals surface area contributed by atoms with Crippen LogP contribution in [0.15, 0.2) is 18.2 Å². The summed E-state index contributed by atoms with van der Waals surface area (Å²) in [6.07, 6.45) is 3.44. The number of carbonyl (C=O) groups is 4. The lowest BCUT2D eigenvalue weighted by atomic mass is 10.0. The Morgan fingerprint density at radius 2 is 1.56 bits per heavy atom. The lowest BCUT2D eigenvalue weighted by Gasteiger charge is -2.27. The van der Waals surface area contributed by atoms with E-state index in [0.29, 0.717) is 17.5 Å². The zero-order chi connectivity index (χ0) is 20.6. The van der Waals surface area contributed by atoms with Crippen molar-refractivity contribution in [3.8, 4) is 0 Å². The molecule has 148 valence electrons. The van der Waals surface area contributed by atoms with Gasteiger partial charge in [0.1, 0.15) is 6.04 Å². The van der Waals surface area contributed by atoms with Crippen LogP contribution in [-0.2, 0) is 16.0 Å². The Labute approximate surface area is 161 Å². The predicted octanol–water partition coefficient (Wildman–Crippen LogP) is 3.48. The van der Waals surface area contributed by atoms with Crippen molar-refractivity contribution in [3.05, 3.63) is 34.9 Å². The minimum Gasteiger partial charge on any atom is -0.295 e. The molecule has 2 aliphatic heterocycles. The van der Waals surface area contributed by atoms with E-state index in [1.54, 1.807) is 18.2 Å². The topological polar surface area (TPSA) is 83.6 Å². The van der Waals surface area contributed by atoms with Gasteiger partial charge in [0.15, 0.2) is 0 Å². The molecule has 2 aliphatic rings. The first kappa shape index (κ1) is 22.5. The van der Waals surface area contributed by atoms with E-state index in [2.05, 4.69) is 33.0 Å². The van der Waals surface area contributed by atoms with E-state index in [1.807, 2.05) is 6.92 Å².